The van der Waals surface area contributed by atoms with E-state index in [1.165, 1.54) is 24.3 Å². The van der Waals surface area contributed by atoms with Gasteiger partial charge in [-0.2, -0.15) is 5.26 Å². The third-order valence-corrected chi connectivity index (χ3v) is 4.31. The monoisotopic (exact) mass is 473 g/mol. The number of nitro groups is 1. The van der Waals surface area contributed by atoms with Gasteiger partial charge < -0.3 is 21.1 Å². The highest BCUT2D eigenvalue weighted by atomic mass is 35.5. The van der Waals surface area contributed by atoms with E-state index in [9.17, 15) is 29.3 Å². The Morgan fingerprint density at radius 3 is 2.42 bits per heavy atom. The molecule has 0 aliphatic carbocycles. The highest BCUT2D eigenvalue weighted by molar-refractivity contribution is 6.30. The molecule has 0 aliphatic rings. The Balaban J connectivity index is 2.01. The number of hydrogen-bond acceptors (Lipinski definition) is 8. The molecular weight excluding hydrogens is 458 g/mol. The molecular formula is C20H16ClN5O7. The molecule has 2 rings (SSSR count). The first kappa shape index (κ1) is 24.8. The summed E-state index contributed by atoms with van der Waals surface area (Å²) >= 11 is 5.76. The van der Waals surface area contributed by atoms with Crippen LogP contribution in [0.25, 0.3) is 0 Å². The lowest BCUT2D eigenvalue weighted by Gasteiger charge is -2.16. The zero-order valence-electron chi connectivity index (χ0n) is 16.7. The van der Waals surface area contributed by atoms with Gasteiger partial charge in [0.25, 0.3) is 17.5 Å². The lowest BCUT2D eigenvalue weighted by atomic mass is 10.1. The van der Waals surface area contributed by atoms with Crippen LogP contribution in [0.5, 0.6) is 0 Å². The molecule has 1 unspecified atom stereocenters. The molecule has 0 aromatic heterocycles. The van der Waals surface area contributed by atoms with E-state index in [0.29, 0.717) is 5.02 Å². The highest BCUT2D eigenvalue weighted by Crippen LogP contribution is 2.21. The van der Waals surface area contributed by atoms with Crippen LogP contribution in [0.4, 0.5) is 11.4 Å². The number of hydrogen-bond donors (Lipinski definition) is 3. The van der Waals surface area contributed by atoms with E-state index >= 15 is 0 Å². The number of nitrogens with two attached hydrogens (primary N) is 1. The molecule has 3 amide bonds. The number of nitriles is 1. The highest BCUT2D eigenvalue weighted by Gasteiger charge is 2.26. The lowest BCUT2D eigenvalue weighted by Crippen LogP contribution is -2.44. The standard InChI is InChI=1S/C20H16ClN5O7/c21-13-3-1-11(2-4-13)19(29)25-16(8-17(23)27)20(30)33-10-18(28)24-15-6-5-14(26(31)32)7-12(15)9-22/h1-7,16H,8,10H2,(H2,23,27)(H,24,28)(H,25,29). The van der Waals surface area contributed by atoms with Crippen molar-refractivity contribution in [2.75, 3.05) is 11.9 Å². The Morgan fingerprint density at radius 1 is 1.18 bits per heavy atom. The summed E-state index contributed by atoms with van der Waals surface area (Å²) in [4.78, 5) is 58.1. The SMILES string of the molecule is N#Cc1cc([N+](=O)[O-])ccc1NC(=O)COC(=O)C(CC(N)=O)NC(=O)c1ccc(Cl)cc1. The summed E-state index contributed by atoms with van der Waals surface area (Å²) in [6, 6.07) is 9.15. The maximum atomic E-state index is 12.3. The quantitative estimate of drug-likeness (QED) is 0.275. The minimum atomic E-state index is -1.47. The molecule has 0 radical (unpaired) electrons. The second kappa shape index (κ2) is 11.2. The van der Waals surface area contributed by atoms with Crippen molar-refractivity contribution in [1.29, 1.82) is 5.26 Å². The van der Waals surface area contributed by atoms with Crippen molar-refractivity contribution < 1.29 is 28.8 Å². The number of carbonyl (C=O) groups excluding carboxylic acids is 4. The summed E-state index contributed by atoms with van der Waals surface area (Å²) in [5.74, 6) is -3.57. The molecule has 33 heavy (non-hydrogen) atoms. The van der Waals surface area contributed by atoms with E-state index < -0.39 is 47.7 Å². The van der Waals surface area contributed by atoms with Gasteiger partial charge in [-0.3, -0.25) is 24.5 Å². The van der Waals surface area contributed by atoms with Crippen LogP contribution in [0, 0.1) is 21.4 Å². The molecule has 2 aromatic carbocycles. The Hall–Kier alpha value is -4.50. The molecule has 0 bridgehead atoms. The van der Waals surface area contributed by atoms with Crippen LogP contribution in [0.1, 0.15) is 22.3 Å². The van der Waals surface area contributed by atoms with Crippen LogP contribution >= 0.6 is 11.6 Å². The van der Waals surface area contributed by atoms with Gasteiger partial charge in [0.2, 0.25) is 5.91 Å². The van der Waals surface area contributed by atoms with Crippen LogP contribution in [0.2, 0.25) is 5.02 Å². The molecule has 12 nitrogen and oxygen atoms in total. The summed E-state index contributed by atoms with van der Waals surface area (Å²) < 4.78 is 4.84. The fourth-order valence-electron chi connectivity index (χ4n) is 2.51. The van der Waals surface area contributed by atoms with Crippen LogP contribution in [0.15, 0.2) is 42.5 Å². The number of primary amides is 1. The number of benzene rings is 2. The number of nitrogens with one attached hydrogen (secondary N) is 2. The maximum Gasteiger partial charge on any atom is 0.329 e. The van der Waals surface area contributed by atoms with Gasteiger partial charge in [0.15, 0.2) is 6.61 Å². The predicted octanol–water partition coefficient (Wildman–Crippen LogP) is 1.28. The first-order chi connectivity index (χ1) is 15.6. The predicted molar refractivity (Wildman–Crippen MR) is 114 cm³/mol. The van der Waals surface area contributed by atoms with Crippen LogP contribution < -0.4 is 16.4 Å². The molecule has 0 aliphatic heterocycles. The number of non-ortho nitro benzene ring substituents is 1. The third kappa shape index (κ3) is 7.30. The number of esters is 1. The molecule has 0 fully saturated rings. The number of carbonyl (C=O) groups is 4. The Morgan fingerprint density at radius 2 is 1.85 bits per heavy atom. The number of nitro benzene ring substituents is 1. The Kier molecular flexibility index (Phi) is 8.42. The van der Waals surface area contributed by atoms with E-state index in [0.717, 1.165) is 18.2 Å². The van der Waals surface area contributed by atoms with Gasteiger partial charge in [-0.05, 0) is 30.3 Å². The summed E-state index contributed by atoms with van der Waals surface area (Å²) in [7, 11) is 0. The van der Waals surface area contributed by atoms with Crippen LogP contribution in [-0.2, 0) is 19.1 Å². The summed E-state index contributed by atoms with van der Waals surface area (Å²) in [6.45, 7) is -0.827. The zero-order chi connectivity index (χ0) is 24.5. The second-order valence-electron chi connectivity index (χ2n) is 6.46. The van der Waals surface area contributed by atoms with Crippen molar-refractivity contribution in [1.82, 2.24) is 5.32 Å². The second-order valence-corrected chi connectivity index (χ2v) is 6.89. The molecule has 4 N–H and O–H groups in total. The zero-order valence-corrected chi connectivity index (χ0v) is 17.5. The van der Waals surface area contributed by atoms with Crippen LogP contribution in [-0.4, -0.2) is 41.3 Å². The molecule has 0 saturated heterocycles. The molecule has 0 heterocycles. The van der Waals surface area contributed by atoms with Gasteiger partial charge in [-0.1, -0.05) is 11.6 Å². The van der Waals surface area contributed by atoms with Gasteiger partial charge in [-0.25, -0.2) is 4.79 Å². The van der Waals surface area contributed by atoms with E-state index in [1.807, 2.05) is 0 Å². The minimum absolute atomic E-state index is 0.0334. The van der Waals surface area contributed by atoms with Crippen LogP contribution in [0.3, 0.4) is 0 Å². The van der Waals surface area contributed by atoms with Crippen molar-refractivity contribution in [2.45, 2.75) is 12.5 Å². The summed E-state index contributed by atoms with van der Waals surface area (Å²) in [5.41, 5.74) is 4.72. The Labute approximate surface area is 191 Å². The number of ether oxygens (including phenoxy) is 1. The first-order valence-electron chi connectivity index (χ1n) is 9.10. The number of anilines is 1. The molecule has 13 heteroatoms. The van der Waals surface area contributed by atoms with E-state index in [-0.39, 0.29) is 22.5 Å². The van der Waals surface area contributed by atoms with Gasteiger partial charge in [0.1, 0.15) is 12.1 Å². The molecule has 1 atom stereocenters. The fourth-order valence-corrected chi connectivity index (χ4v) is 2.63. The van der Waals surface area contributed by atoms with Crippen molar-refractivity contribution in [3.8, 4) is 6.07 Å². The number of nitrogens with zero attached hydrogens (tertiary/aromatic N) is 2. The molecule has 2 aromatic rings. The van der Waals surface area contributed by atoms with Gasteiger partial charge in [0.05, 0.1) is 22.6 Å². The topological polar surface area (TPSA) is 195 Å². The number of amides is 3. The van der Waals surface area contributed by atoms with Crippen molar-refractivity contribution >= 4 is 46.7 Å². The smallest absolute Gasteiger partial charge is 0.329 e. The first-order valence-corrected chi connectivity index (χ1v) is 9.48. The number of halogens is 1. The van der Waals surface area contributed by atoms with Gasteiger partial charge in [-0.15, -0.1) is 0 Å². The lowest BCUT2D eigenvalue weighted by molar-refractivity contribution is -0.384. The van der Waals surface area contributed by atoms with Gasteiger partial charge in [0, 0.05) is 22.7 Å². The van der Waals surface area contributed by atoms with Crippen molar-refractivity contribution in [3.05, 3.63) is 68.7 Å². The van der Waals surface area contributed by atoms with Gasteiger partial charge >= 0.3 is 5.97 Å². The van der Waals surface area contributed by atoms with E-state index in [2.05, 4.69) is 10.6 Å². The fraction of sp³-hybridized carbons (Fsp3) is 0.150. The minimum Gasteiger partial charge on any atom is -0.454 e. The largest absolute Gasteiger partial charge is 0.454 e. The third-order valence-electron chi connectivity index (χ3n) is 4.06. The molecule has 0 saturated carbocycles. The molecule has 170 valence electrons. The average molecular weight is 474 g/mol. The van der Waals surface area contributed by atoms with E-state index in [4.69, 9.17) is 27.3 Å². The Bertz CT molecular complexity index is 1140. The average Bonchev–Trinajstić information content (AvgIpc) is 2.77. The van der Waals surface area contributed by atoms with Crippen molar-refractivity contribution in [2.24, 2.45) is 5.73 Å². The summed E-state index contributed by atoms with van der Waals surface area (Å²) in [6.07, 6.45) is -0.583. The summed E-state index contributed by atoms with van der Waals surface area (Å²) in [5, 5.41) is 24.9. The molecule has 0 spiro atoms. The van der Waals surface area contributed by atoms with Crippen molar-refractivity contribution in [3.63, 3.8) is 0 Å². The van der Waals surface area contributed by atoms with E-state index in [1.54, 1.807) is 6.07 Å². The normalized spacial score (nSPS) is 10.9. The maximum absolute atomic E-state index is 12.3. The number of rotatable bonds is 9.